The van der Waals surface area contributed by atoms with Crippen molar-refractivity contribution in [2.45, 2.75) is 70.9 Å². The predicted octanol–water partition coefficient (Wildman–Crippen LogP) is 3.05. The lowest BCUT2D eigenvalue weighted by Crippen LogP contribution is -2.47. The van der Waals surface area contributed by atoms with Gasteiger partial charge in [-0.3, -0.25) is 4.90 Å². The molecule has 1 aliphatic carbocycles. The van der Waals surface area contributed by atoms with Gasteiger partial charge in [-0.25, -0.2) is 0 Å². The summed E-state index contributed by atoms with van der Waals surface area (Å²) < 4.78 is 0. The molecule has 0 aromatic heterocycles. The second-order valence-electron chi connectivity index (χ2n) is 6.42. The number of nitrogens with zero attached hydrogens (tertiary/aromatic N) is 1. The zero-order valence-electron chi connectivity index (χ0n) is 11.6. The van der Waals surface area contributed by atoms with Crippen LogP contribution in [0.1, 0.15) is 58.8 Å². The van der Waals surface area contributed by atoms with Crippen molar-refractivity contribution in [3.8, 4) is 0 Å². The zero-order chi connectivity index (χ0) is 12.3. The van der Waals surface area contributed by atoms with E-state index in [2.05, 4.69) is 11.8 Å². The average molecular weight is 239 g/mol. The topological polar surface area (TPSA) is 23.5 Å². The fourth-order valence-corrected chi connectivity index (χ4v) is 3.63. The second-order valence-corrected chi connectivity index (χ2v) is 6.42. The van der Waals surface area contributed by atoms with Crippen LogP contribution in [0, 0.1) is 11.8 Å². The van der Waals surface area contributed by atoms with Gasteiger partial charge in [-0.1, -0.05) is 26.2 Å². The summed E-state index contributed by atoms with van der Waals surface area (Å²) in [5.41, 5.74) is 0. The Labute approximate surface area is 106 Å². The first-order valence-electron chi connectivity index (χ1n) is 7.59. The monoisotopic (exact) mass is 239 g/mol. The summed E-state index contributed by atoms with van der Waals surface area (Å²) in [7, 11) is 0. The largest absolute Gasteiger partial charge is 0.392 e. The lowest BCUT2D eigenvalue weighted by Gasteiger charge is -2.40. The van der Waals surface area contributed by atoms with Gasteiger partial charge in [0, 0.05) is 12.6 Å². The van der Waals surface area contributed by atoms with Crippen molar-refractivity contribution in [1.29, 1.82) is 0 Å². The van der Waals surface area contributed by atoms with Crippen LogP contribution in [-0.4, -0.2) is 35.2 Å². The van der Waals surface area contributed by atoms with Gasteiger partial charge in [-0.05, 0) is 51.0 Å². The molecule has 0 radical (unpaired) electrons. The maximum Gasteiger partial charge on any atom is 0.0667 e. The first-order valence-corrected chi connectivity index (χ1v) is 7.59. The van der Waals surface area contributed by atoms with E-state index in [4.69, 9.17) is 0 Å². The van der Waals surface area contributed by atoms with E-state index >= 15 is 0 Å². The minimum atomic E-state index is -0.155. The molecule has 1 saturated heterocycles. The summed E-state index contributed by atoms with van der Waals surface area (Å²) in [6.45, 7) is 6.80. The lowest BCUT2D eigenvalue weighted by atomic mass is 9.82. The van der Waals surface area contributed by atoms with Crippen LogP contribution < -0.4 is 0 Å². The number of piperidine rings is 1. The van der Waals surface area contributed by atoms with Gasteiger partial charge in [0.05, 0.1) is 6.10 Å². The molecule has 100 valence electrons. The molecule has 2 heteroatoms. The van der Waals surface area contributed by atoms with E-state index in [0.717, 1.165) is 11.8 Å². The fourth-order valence-electron chi connectivity index (χ4n) is 3.63. The highest BCUT2D eigenvalue weighted by molar-refractivity contribution is 4.83. The molecule has 1 N–H and O–H groups in total. The highest BCUT2D eigenvalue weighted by atomic mass is 16.3. The molecular weight excluding hydrogens is 210 g/mol. The van der Waals surface area contributed by atoms with Gasteiger partial charge < -0.3 is 5.11 Å². The first kappa shape index (κ1) is 13.4. The lowest BCUT2D eigenvalue weighted by molar-refractivity contribution is 0.0222. The van der Waals surface area contributed by atoms with Crippen molar-refractivity contribution >= 4 is 0 Å². The van der Waals surface area contributed by atoms with Crippen molar-refractivity contribution < 1.29 is 5.11 Å². The maximum absolute atomic E-state index is 9.88. The number of aliphatic hydroxyl groups excluding tert-OH is 1. The molecule has 2 aliphatic rings. The minimum absolute atomic E-state index is 0.155. The molecule has 2 rings (SSSR count). The van der Waals surface area contributed by atoms with Crippen LogP contribution in [0.3, 0.4) is 0 Å². The molecule has 0 unspecified atom stereocenters. The van der Waals surface area contributed by atoms with Gasteiger partial charge in [0.1, 0.15) is 0 Å². The van der Waals surface area contributed by atoms with Crippen molar-refractivity contribution in [3.05, 3.63) is 0 Å². The maximum atomic E-state index is 9.88. The van der Waals surface area contributed by atoms with Crippen LogP contribution in [0.5, 0.6) is 0 Å². The van der Waals surface area contributed by atoms with Gasteiger partial charge >= 0.3 is 0 Å². The second kappa shape index (κ2) is 6.19. The predicted molar refractivity (Wildman–Crippen MR) is 72.0 cm³/mol. The average Bonchev–Trinajstić information content (AvgIpc) is 2.32. The smallest absolute Gasteiger partial charge is 0.0667 e. The van der Waals surface area contributed by atoms with Crippen LogP contribution in [0.4, 0.5) is 0 Å². The van der Waals surface area contributed by atoms with E-state index in [1.54, 1.807) is 0 Å². The molecule has 0 aromatic carbocycles. The van der Waals surface area contributed by atoms with Gasteiger partial charge in [0.15, 0.2) is 0 Å². The number of rotatable bonds is 3. The zero-order valence-corrected chi connectivity index (χ0v) is 11.6. The third-order valence-electron chi connectivity index (χ3n) is 4.85. The van der Waals surface area contributed by atoms with Crippen LogP contribution >= 0.6 is 0 Å². The normalized spacial score (nSPS) is 37.9. The summed E-state index contributed by atoms with van der Waals surface area (Å²) in [5.74, 6) is 1.84. The third-order valence-corrected chi connectivity index (χ3v) is 4.85. The number of likely N-dealkylation sites (tertiary alicyclic amines) is 1. The van der Waals surface area contributed by atoms with E-state index < -0.39 is 0 Å². The highest BCUT2D eigenvalue weighted by Crippen LogP contribution is 2.30. The van der Waals surface area contributed by atoms with Crippen LogP contribution in [-0.2, 0) is 0 Å². The van der Waals surface area contributed by atoms with Gasteiger partial charge in [0.25, 0.3) is 0 Å². The van der Waals surface area contributed by atoms with Crippen LogP contribution in [0.15, 0.2) is 0 Å². The molecule has 1 saturated carbocycles. The van der Waals surface area contributed by atoms with E-state index in [1.165, 1.54) is 58.0 Å². The van der Waals surface area contributed by atoms with E-state index in [-0.39, 0.29) is 6.10 Å². The summed E-state index contributed by atoms with van der Waals surface area (Å²) >= 11 is 0. The van der Waals surface area contributed by atoms with Crippen molar-refractivity contribution in [2.24, 2.45) is 11.8 Å². The molecule has 0 spiro atoms. The molecule has 2 fully saturated rings. The number of aliphatic hydroxyl groups is 1. The molecule has 1 aliphatic heterocycles. The Morgan fingerprint density at radius 2 is 1.82 bits per heavy atom. The summed E-state index contributed by atoms with van der Waals surface area (Å²) in [4.78, 5) is 2.58. The summed E-state index contributed by atoms with van der Waals surface area (Å²) in [6, 6.07) is 0.433. The van der Waals surface area contributed by atoms with Crippen molar-refractivity contribution in [2.75, 3.05) is 13.1 Å². The van der Waals surface area contributed by atoms with E-state index in [9.17, 15) is 5.11 Å². The van der Waals surface area contributed by atoms with Gasteiger partial charge in [-0.2, -0.15) is 0 Å². The number of hydrogen-bond donors (Lipinski definition) is 1. The summed E-state index contributed by atoms with van der Waals surface area (Å²) in [6.07, 6.45) is 9.31. The Bertz CT molecular complexity index is 221. The van der Waals surface area contributed by atoms with Crippen molar-refractivity contribution in [3.63, 3.8) is 0 Å². The Morgan fingerprint density at radius 3 is 2.47 bits per heavy atom. The molecule has 2 nitrogen and oxygen atoms in total. The van der Waals surface area contributed by atoms with Crippen LogP contribution in [0.2, 0.25) is 0 Å². The molecule has 17 heavy (non-hydrogen) atoms. The Kier molecular flexibility index (Phi) is 4.87. The molecule has 0 amide bonds. The fraction of sp³-hybridized carbons (Fsp3) is 1.00. The SMILES string of the molecule is CC1CCC(CN2CCCC[C@H]2[C@H](C)O)CC1. The van der Waals surface area contributed by atoms with E-state index in [0.29, 0.717) is 6.04 Å². The Balaban J connectivity index is 1.83. The molecule has 1 heterocycles. The molecule has 0 aromatic rings. The van der Waals surface area contributed by atoms with Crippen LogP contribution in [0.25, 0.3) is 0 Å². The first-order chi connectivity index (χ1) is 8.16. The Hall–Kier alpha value is -0.0800. The minimum Gasteiger partial charge on any atom is -0.392 e. The van der Waals surface area contributed by atoms with Gasteiger partial charge in [0.2, 0.25) is 0 Å². The van der Waals surface area contributed by atoms with E-state index in [1.807, 2.05) is 6.92 Å². The Morgan fingerprint density at radius 1 is 1.12 bits per heavy atom. The standard InChI is InChI=1S/C15H29NO/c1-12-6-8-14(9-7-12)11-16-10-4-3-5-15(16)13(2)17/h12-15,17H,3-11H2,1-2H3/t12?,13-,14?,15-/m0/s1. The third kappa shape index (κ3) is 3.69. The van der Waals surface area contributed by atoms with Gasteiger partial charge in [-0.15, -0.1) is 0 Å². The molecule has 2 atom stereocenters. The van der Waals surface area contributed by atoms with Crippen molar-refractivity contribution in [1.82, 2.24) is 4.90 Å². The highest BCUT2D eigenvalue weighted by Gasteiger charge is 2.29. The summed E-state index contributed by atoms with van der Waals surface area (Å²) in [5, 5.41) is 9.88. The number of hydrogen-bond acceptors (Lipinski definition) is 2. The molecular formula is C15H29NO. The molecule has 0 bridgehead atoms. The quantitative estimate of drug-likeness (QED) is 0.818.